The zero-order valence-electron chi connectivity index (χ0n) is 10.7. The van der Waals surface area contributed by atoms with E-state index in [4.69, 9.17) is 44.3 Å². The molecule has 1 rings (SSSR count). The lowest BCUT2D eigenvalue weighted by Crippen LogP contribution is -2.28. The van der Waals surface area contributed by atoms with Gasteiger partial charge in [-0.15, -0.1) is 0 Å². The molecule has 0 radical (unpaired) electrons. The number of aliphatic hydroxyl groups excluding tert-OH is 1. The Balaban J connectivity index is 2.72. The van der Waals surface area contributed by atoms with E-state index >= 15 is 0 Å². The minimum absolute atomic E-state index is 0.129. The number of hydrogen-bond donors (Lipinski definition) is 1. The van der Waals surface area contributed by atoms with E-state index in [-0.39, 0.29) is 34.6 Å². The van der Waals surface area contributed by atoms with Gasteiger partial charge in [0.2, 0.25) is 0 Å². The molecule has 7 heteroatoms. The first-order chi connectivity index (χ1) is 9.36. The molecule has 1 atom stereocenters. The van der Waals surface area contributed by atoms with Crippen LogP contribution < -0.4 is 4.74 Å². The maximum Gasteiger partial charge on any atom is 0.333 e. The van der Waals surface area contributed by atoms with Gasteiger partial charge in [-0.3, -0.25) is 0 Å². The molecule has 0 saturated heterocycles. The van der Waals surface area contributed by atoms with E-state index in [0.717, 1.165) is 0 Å². The Bertz CT molecular complexity index is 517. The molecule has 0 fully saturated rings. The van der Waals surface area contributed by atoms with Crippen LogP contribution in [0.1, 0.15) is 6.92 Å². The molecule has 0 aliphatic heterocycles. The SMILES string of the molecule is C=C(C)C(=O)OCC(CO)Oc1ccc(Cl)c(Cl)c1Cl. The second-order valence-electron chi connectivity index (χ2n) is 3.97. The monoisotopic (exact) mass is 338 g/mol. The fourth-order valence-electron chi connectivity index (χ4n) is 1.19. The van der Waals surface area contributed by atoms with Crippen molar-refractivity contribution in [1.29, 1.82) is 0 Å². The summed E-state index contributed by atoms with van der Waals surface area (Å²) in [7, 11) is 0. The van der Waals surface area contributed by atoms with Crippen molar-refractivity contribution in [3.8, 4) is 5.75 Å². The third-order valence-corrected chi connectivity index (χ3v) is 3.52. The van der Waals surface area contributed by atoms with E-state index in [9.17, 15) is 9.90 Å². The lowest BCUT2D eigenvalue weighted by Gasteiger charge is -2.18. The largest absolute Gasteiger partial charge is 0.483 e. The molecule has 0 saturated carbocycles. The molecule has 0 amide bonds. The lowest BCUT2D eigenvalue weighted by molar-refractivity contribution is -0.141. The van der Waals surface area contributed by atoms with E-state index in [2.05, 4.69) is 6.58 Å². The van der Waals surface area contributed by atoms with Crippen LogP contribution in [0.25, 0.3) is 0 Å². The van der Waals surface area contributed by atoms with Crippen molar-refractivity contribution in [1.82, 2.24) is 0 Å². The normalized spacial score (nSPS) is 11.8. The molecule has 0 heterocycles. The molecule has 0 spiro atoms. The van der Waals surface area contributed by atoms with Gasteiger partial charge in [0.25, 0.3) is 0 Å². The maximum absolute atomic E-state index is 11.3. The second-order valence-corrected chi connectivity index (χ2v) is 5.14. The summed E-state index contributed by atoms with van der Waals surface area (Å²) in [5.41, 5.74) is 0.259. The number of rotatable bonds is 6. The van der Waals surface area contributed by atoms with Gasteiger partial charge in [-0.25, -0.2) is 4.79 Å². The fourth-order valence-corrected chi connectivity index (χ4v) is 1.77. The van der Waals surface area contributed by atoms with Crippen molar-refractivity contribution in [3.05, 3.63) is 39.4 Å². The molecule has 110 valence electrons. The van der Waals surface area contributed by atoms with Crippen LogP contribution in [0, 0.1) is 0 Å². The van der Waals surface area contributed by atoms with E-state index in [1.165, 1.54) is 19.1 Å². The summed E-state index contributed by atoms with van der Waals surface area (Å²) in [6.07, 6.45) is -0.770. The standard InChI is InChI=1S/C13H13Cl3O4/c1-7(2)13(18)19-6-8(5-17)20-10-4-3-9(14)11(15)12(10)16/h3-4,8,17H,1,5-6H2,2H3. The van der Waals surface area contributed by atoms with Crippen LogP contribution in [0.3, 0.4) is 0 Å². The Morgan fingerprint density at radius 1 is 1.35 bits per heavy atom. The highest BCUT2D eigenvalue weighted by Crippen LogP contribution is 2.37. The summed E-state index contributed by atoms with van der Waals surface area (Å²) in [4.78, 5) is 11.3. The number of carbonyl (C=O) groups is 1. The highest BCUT2D eigenvalue weighted by molar-refractivity contribution is 6.48. The molecule has 1 aromatic rings. The Morgan fingerprint density at radius 3 is 2.55 bits per heavy atom. The van der Waals surface area contributed by atoms with Gasteiger partial charge in [0, 0.05) is 5.57 Å². The average Bonchev–Trinajstić information content (AvgIpc) is 2.42. The molecule has 0 bridgehead atoms. The van der Waals surface area contributed by atoms with E-state index in [1.54, 1.807) is 0 Å². The summed E-state index contributed by atoms with van der Waals surface area (Å²) < 4.78 is 10.3. The Morgan fingerprint density at radius 2 is 2.00 bits per heavy atom. The van der Waals surface area contributed by atoms with Crippen LogP contribution in [0.15, 0.2) is 24.3 Å². The number of aliphatic hydroxyl groups is 1. The lowest BCUT2D eigenvalue weighted by atomic mass is 10.3. The minimum Gasteiger partial charge on any atom is -0.483 e. The van der Waals surface area contributed by atoms with Crippen LogP contribution in [-0.4, -0.2) is 30.4 Å². The van der Waals surface area contributed by atoms with Gasteiger partial charge >= 0.3 is 5.97 Å². The predicted molar refractivity (Wildman–Crippen MR) is 78.7 cm³/mol. The molecule has 1 aromatic carbocycles. The first kappa shape index (κ1) is 17.1. The molecular formula is C13H13Cl3O4. The van der Waals surface area contributed by atoms with Crippen LogP contribution in [0.4, 0.5) is 0 Å². The first-order valence-electron chi connectivity index (χ1n) is 5.60. The first-order valence-corrected chi connectivity index (χ1v) is 6.73. The summed E-state index contributed by atoms with van der Waals surface area (Å²) in [6, 6.07) is 3.03. The Kier molecular flexibility index (Phi) is 6.62. The topological polar surface area (TPSA) is 55.8 Å². The van der Waals surface area contributed by atoms with Crippen molar-refractivity contribution in [2.75, 3.05) is 13.2 Å². The number of carbonyl (C=O) groups excluding carboxylic acids is 1. The van der Waals surface area contributed by atoms with Crippen LogP contribution in [0.5, 0.6) is 5.75 Å². The van der Waals surface area contributed by atoms with Crippen molar-refractivity contribution in [2.45, 2.75) is 13.0 Å². The van der Waals surface area contributed by atoms with E-state index in [0.29, 0.717) is 5.02 Å². The zero-order valence-corrected chi connectivity index (χ0v) is 12.9. The van der Waals surface area contributed by atoms with Gasteiger partial charge in [-0.05, 0) is 19.1 Å². The minimum atomic E-state index is -0.770. The van der Waals surface area contributed by atoms with Gasteiger partial charge in [-0.2, -0.15) is 0 Å². The van der Waals surface area contributed by atoms with Crippen molar-refractivity contribution < 1.29 is 19.4 Å². The Hall–Kier alpha value is -0.940. The molecule has 0 aromatic heterocycles. The molecule has 0 aliphatic rings. The van der Waals surface area contributed by atoms with Gasteiger partial charge < -0.3 is 14.6 Å². The average molecular weight is 340 g/mol. The van der Waals surface area contributed by atoms with Gasteiger partial charge in [0.15, 0.2) is 6.10 Å². The summed E-state index contributed by atoms with van der Waals surface area (Å²) in [5.74, 6) is -0.321. The summed E-state index contributed by atoms with van der Waals surface area (Å²) in [6.45, 7) is 4.47. The van der Waals surface area contributed by atoms with E-state index in [1.807, 2.05) is 0 Å². The van der Waals surface area contributed by atoms with Crippen LogP contribution >= 0.6 is 34.8 Å². The number of benzene rings is 1. The third kappa shape index (κ3) is 4.56. The van der Waals surface area contributed by atoms with Crippen LogP contribution in [0.2, 0.25) is 15.1 Å². The Labute approximate surface area is 131 Å². The van der Waals surface area contributed by atoms with Crippen molar-refractivity contribution in [2.24, 2.45) is 0 Å². The number of hydrogen-bond acceptors (Lipinski definition) is 4. The smallest absolute Gasteiger partial charge is 0.333 e. The zero-order chi connectivity index (χ0) is 15.3. The summed E-state index contributed by atoms with van der Waals surface area (Å²) >= 11 is 17.6. The number of halogens is 3. The van der Waals surface area contributed by atoms with Gasteiger partial charge in [0.1, 0.15) is 17.4 Å². The predicted octanol–water partition coefficient (Wildman–Crippen LogP) is 3.51. The third-order valence-electron chi connectivity index (χ3n) is 2.25. The van der Waals surface area contributed by atoms with Crippen molar-refractivity contribution in [3.63, 3.8) is 0 Å². The van der Waals surface area contributed by atoms with Gasteiger partial charge in [0.05, 0.1) is 16.7 Å². The molecule has 1 unspecified atom stereocenters. The molecule has 4 nitrogen and oxygen atoms in total. The highest BCUT2D eigenvalue weighted by atomic mass is 35.5. The highest BCUT2D eigenvalue weighted by Gasteiger charge is 2.17. The maximum atomic E-state index is 11.3. The summed E-state index contributed by atoms with van der Waals surface area (Å²) in [5, 5.41) is 9.79. The molecule has 1 N–H and O–H groups in total. The van der Waals surface area contributed by atoms with Crippen LogP contribution in [-0.2, 0) is 9.53 Å². The number of esters is 1. The second kappa shape index (κ2) is 7.74. The van der Waals surface area contributed by atoms with Crippen molar-refractivity contribution >= 4 is 40.8 Å². The number of ether oxygens (including phenoxy) is 2. The van der Waals surface area contributed by atoms with E-state index < -0.39 is 12.1 Å². The fraction of sp³-hybridized carbons (Fsp3) is 0.308. The van der Waals surface area contributed by atoms with Gasteiger partial charge in [-0.1, -0.05) is 41.4 Å². The quantitative estimate of drug-likeness (QED) is 0.489. The molecule has 20 heavy (non-hydrogen) atoms. The molecule has 0 aliphatic carbocycles. The molecular weight excluding hydrogens is 326 g/mol.